The fourth-order valence-electron chi connectivity index (χ4n) is 3.55. The highest BCUT2D eigenvalue weighted by Gasteiger charge is 2.26. The van der Waals surface area contributed by atoms with Crippen LogP contribution in [0.2, 0.25) is 0 Å². The van der Waals surface area contributed by atoms with Gasteiger partial charge in [0.2, 0.25) is 0 Å². The van der Waals surface area contributed by atoms with Crippen molar-refractivity contribution in [3.8, 4) is 0 Å². The second-order valence-electron chi connectivity index (χ2n) is 8.82. The molecule has 0 radical (unpaired) electrons. The van der Waals surface area contributed by atoms with Crippen LogP contribution in [0, 0.1) is 5.82 Å². The quantitative estimate of drug-likeness (QED) is 0.553. The van der Waals surface area contributed by atoms with Crippen LogP contribution in [0.3, 0.4) is 0 Å². The number of hydrogen-bond acceptors (Lipinski definition) is 5. The number of nitrogens with one attached hydrogen (secondary N) is 2. The van der Waals surface area contributed by atoms with Crippen LogP contribution >= 0.6 is 0 Å². The molecule has 7 nitrogen and oxygen atoms in total. The molecule has 2 N–H and O–H groups in total. The van der Waals surface area contributed by atoms with Crippen LogP contribution in [0.4, 0.5) is 26.4 Å². The number of pyridine rings is 1. The number of hydrogen-bond donors (Lipinski definition) is 2. The van der Waals surface area contributed by atoms with Gasteiger partial charge in [-0.15, -0.1) is 0 Å². The second-order valence-corrected chi connectivity index (χ2v) is 8.82. The Bertz CT molecular complexity index is 1180. The molecule has 1 aromatic heterocycles. The maximum absolute atomic E-state index is 13.6. The average Bonchev–Trinajstić information content (AvgIpc) is 3.16. The summed E-state index contributed by atoms with van der Waals surface area (Å²) >= 11 is 0. The fourth-order valence-corrected chi connectivity index (χ4v) is 3.55. The lowest BCUT2D eigenvalue weighted by Crippen LogP contribution is -2.28. The average molecular weight is 448 g/mol. The monoisotopic (exact) mass is 448 g/mol. The van der Waals surface area contributed by atoms with Crippen molar-refractivity contribution in [1.29, 1.82) is 0 Å². The van der Waals surface area contributed by atoms with Crippen molar-refractivity contribution >= 4 is 29.2 Å². The Morgan fingerprint density at radius 2 is 1.67 bits per heavy atom. The minimum absolute atomic E-state index is 0.148. The van der Waals surface area contributed by atoms with E-state index in [-0.39, 0.29) is 17.4 Å². The summed E-state index contributed by atoms with van der Waals surface area (Å²) in [7, 11) is 0. The molecular weight excluding hydrogens is 423 g/mol. The molecule has 2 amide bonds. The lowest BCUT2D eigenvalue weighted by atomic mass is 10.1. The zero-order chi connectivity index (χ0) is 23.6. The van der Waals surface area contributed by atoms with Gasteiger partial charge in [0.25, 0.3) is 5.91 Å². The van der Waals surface area contributed by atoms with Crippen molar-refractivity contribution in [2.75, 3.05) is 10.6 Å². The van der Waals surface area contributed by atoms with E-state index in [9.17, 15) is 14.0 Å². The van der Waals surface area contributed by atoms with Gasteiger partial charge in [-0.25, -0.2) is 14.2 Å². The van der Waals surface area contributed by atoms with E-state index in [2.05, 4.69) is 15.6 Å². The Hall–Kier alpha value is -3.94. The van der Waals surface area contributed by atoms with Crippen molar-refractivity contribution in [2.24, 2.45) is 0 Å². The Kier molecular flexibility index (Phi) is 6.00. The molecule has 3 aromatic rings. The molecular formula is C25H25FN4O3. The highest BCUT2D eigenvalue weighted by Crippen LogP contribution is 2.26. The summed E-state index contributed by atoms with van der Waals surface area (Å²) in [6, 6.07) is 16.8. The van der Waals surface area contributed by atoms with Crippen molar-refractivity contribution < 1.29 is 18.7 Å². The van der Waals surface area contributed by atoms with Crippen molar-refractivity contribution in [2.45, 2.75) is 39.5 Å². The molecule has 0 unspecified atom stereocenters. The number of anilines is 3. The third-order valence-corrected chi connectivity index (χ3v) is 4.91. The number of ether oxygens (including phenoxy) is 1. The number of amides is 2. The van der Waals surface area contributed by atoms with Crippen LogP contribution < -0.4 is 10.6 Å². The number of fused-ring (bicyclic) bond motifs is 1. The molecule has 2 aromatic carbocycles. The lowest BCUT2D eigenvalue weighted by molar-refractivity contribution is 0.0634. The molecule has 1 aliphatic heterocycles. The van der Waals surface area contributed by atoms with Gasteiger partial charge in [-0.05, 0) is 56.2 Å². The molecule has 33 heavy (non-hydrogen) atoms. The number of aromatic nitrogens is 1. The molecule has 4 rings (SSSR count). The fraction of sp³-hybridized carbons (Fsp3) is 0.240. The van der Waals surface area contributed by atoms with Gasteiger partial charge in [0.1, 0.15) is 22.9 Å². The molecule has 0 aliphatic carbocycles. The van der Waals surface area contributed by atoms with Crippen molar-refractivity contribution in [3.63, 3.8) is 0 Å². The Labute approximate surface area is 191 Å². The Morgan fingerprint density at radius 1 is 0.970 bits per heavy atom. The Morgan fingerprint density at radius 3 is 2.30 bits per heavy atom. The highest BCUT2D eigenvalue weighted by molar-refractivity contribution is 5.95. The predicted octanol–water partition coefficient (Wildman–Crippen LogP) is 5.47. The molecule has 0 fully saturated rings. The summed E-state index contributed by atoms with van der Waals surface area (Å²) in [5, 5.41) is 5.65. The van der Waals surface area contributed by atoms with Crippen LogP contribution in [-0.2, 0) is 17.8 Å². The Balaban J connectivity index is 1.62. The molecule has 1 aliphatic rings. The summed E-state index contributed by atoms with van der Waals surface area (Å²) in [6.07, 6.45) is -0.655. The lowest BCUT2D eigenvalue weighted by Gasteiger charge is -2.20. The molecule has 8 heteroatoms. The van der Waals surface area contributed by atoms with E-state index in [4.69, 9.17) is 4.74 Å². The molecule has 0 saturated carbocycles. The van der Waals surface area contributed by atoms with E-state index in [1.54, 1.807) is 43.9 Å². The molecule has 0 saturated heterocycles. The van der Waals surface area contributed by atoms with E-state index in [1.165, 1.54) is 18.2 Å². The van der Waals surface area contributed by atoms with Gasteiger partial charge < -0.3 is 15.0 Å². The van der Waals surface area contributed by atoms with Gasteiger partial charge in [-0.1, -0.05) is 30.3 Å². The summed E-state index contributed by atoms with van der Waals surface area (Å²) in [6.45, 7) is 6.24. The molecule has 2 heterocycles. The zero-order valence-electron chi connectivity index (χ0n) is 18.7. The van der Waals surface area contributed by atoms with E-state index in [0.29, 0.717) is 24.5 Å². The molecule has 170 valence electrons. The van der Waals surface area contributed by atoms with Crippen molar-refractivity contribution in [3.05, 3.63) is 83.3 Å². The van der Waals surface area contributed by atoms with Crippen LogP contribution in [0.1, 0.15) is 42.4 Å². The summed E-state index contributed by atoms with van der Waals surface area (Å²) in [4.78, 5) is 31.7. The summed E-state index contributed by atoms with van der Waals surface area (Å²) in [5.41, 5.74) is 2.44. The minimum atomic E-state index is -0.681. The van der Waals surface area contributed by atoms with E-state index >= 15 is 0 Å². The van der Waals surface area contributed by atoms with Gasteiger partial charge >= 0.3 is 6.09 Å². The predicted molar refractivity (Wildman–Crippen MR) is 124 cm³/mol. The summed E-state index contributed by atoms with van der Waals surface area (Å²) in [5.74, 6) is -0.398. The maximum Gasteiger partial charge on any atom is 0.412 e. The standard InChI is InChI=1S/C25H25FN4O3/c1-25(2,3)33-24(32)28-20-12-21(23(31)30-14-16-7-4-5-8-17(16)15-30)29-22(13-20)27-19-10-6-9-18(26)11-19/h4-13H,14-15H2,1-3H3,(H2,27,28,29,32). The number of carbonyl (C=O) groups is 2. The number of halogens is 1. The zero-order valence-corrected chi connectivity index (χ0v) is 18.7. The first-order valence-electron chi connectivity index (χ1n) is 10.6. The number of rotatable bonds is 4. The van der Waals surface area contributed by atoms with Crippen LogP contribution in [0.5, 0.6) is 0 Å². The first-order chi connectivity index (χ1) is 15.7. The largest absolute Gasteiger partial charge is 0.444 e. The highest BCUT2D eigenvalue weighted by atomic mass is 19.1. The van der Waals surface area contributed by atoms with E-state index in [0.717, 1.165) is 11.1 Å². The van der Waals surface area contributed by atoms with Gasteiger partial charge in [0, 0.05) is 24.8 Å². The number of nitrogens with zero attached hydrogens (tertiary/aromatic N) is 2. The summed E-state index contributed by atoms with van der Waals surface area (Å²) < 4.78 is 18.9. The third kappa shape index (κ3) is 5.65. The van der Waals surface area contributed by atoms with Gasteiger partial charge in [0.15, 0.2) is 0 Å². The SMILES string of the molecule is CC(C)(C)OC(=O)Nc1cc(Nc2cccc(F)c2)nc(C(=O)N2Cc3ccccc3C2)c1. The van der Waals surface area contributed by atoms with Crippen LogP contribution in [-0.4, -0.2) is 27.5 Å². The molecule has 0 spiro atoms. The van der Waals surface area contributed by atoms with Crippen LogP contribution in [0.25, 0.3) is 0 Å². The smallest absolute Gasteiger partial charge is 0.412 e. The van der Waals surface area contributed by atoms with Crippen LogP contribution in [0.15, 0.2) is 60.7 Å². The topological polar surface area (TPSA) is 83.6 Å². The minimum Gasteiger partial charge on any atom is -0.444 e. The first-order valence-corrected chi connectivity index (χ1v) is 10.6. The normalized spacial score (nSPS) is 12.8. The first kappa shape index (κ1) is 22.3. The molecule has 0 atom stereocenters. The van der Waals surface area contributed by atoms with Gasteiger partial charge in [-0.3, -0.25) is 10.1 Å². The van der Waals surface area contributed by atoms with E-state index < -0.39 is 17.5 Å². The van der Waals surface area contributed by atoms with Crippen molar-refractivity contribution in [1.82, 2.24) is 9.88 Å². The number of carbonyl (C=O) groups excluding carboxylic acids is 2. The number of benzene rings is 2. The molecule has 0 bridgehead atoms. The van der Waals surface area contributed by atoms with E-state index in [1.807, 2.05) is 24.3 Å². The third-order valence-electron chi connectivity index (χ3n) is 4.91. The van der Waals surface area contributed by atoms with Gasteiger partial charge in [-0.2, -0.15) is 0 Å². The second kappa shape index (κ2) is 8.90. The maximum atomic E-state index is 13.6. The van der Waals surface area contributed by atoms with Gasteiger partial charge in [0.05, 0.1) is 5.69 Å².